The number of oxazole rings is 1. The quantitative estimate of drug-likeness (QED) is 0.496. The lowest BCUT2D eigenvalue weighted by Crippen LogP contribution is -2.45. The average molecular weight is 447 g/mol. The predicted octanol–water partition coefficient (Wildman–Crippen LogP) is 5.04. The fraction of sp³-hybridized carbons (Fsp3) is 0.333. The number of aryl methyl sites for hydroxylation is 1. The minimum absolute atomic E-state index is 0.490. The number of carboxylic acid groups (broad SMARTS) is 1. The number of rotatable bonds is 9. The first kappa shape index (κ1) is 22.8. The second-order valence-electron chi connectivity index (χ2n) is 8.34. The number of hydrogen-bond donors (Lipinski definition) is 1. The van der Waals surface area contributed by atoms with E-state index < -0.39 is 12.0 Å². The highest BCUT2D eigenvalue weighted by Gasteiger charge is 2.31. The number of fused-ring (bicyclic) bond motifs is 1. The van der Waals surface area contributed by atoms with Crippen LogP contribution in [-0.4, -0.2) is 33.6 Å². The predicted molar refractivity (Wildman–Crippen MR) is 127 cm³/mol. The van der Waals surface area contributed by atoms with E-state index in [1.54, 1.807) is 0 Å². The topological polar surface area (TPSA) is 75.8 Å². The number of carbonyl (C=O) groups is 1. The molecule has 0 aliphatic carbocycles. The molecule has 0 bridgehead atoms. The molecule has 0 spiro atoms. The van der Waals surface area contributed by atoms with Gasteiger partial charge >= 0.3 is 5.97 Å². The van der Waals surface area contributed by atoms with Crippen molar-refractivity contribution in [2.45, 2.75) is 52.2 Å². The van der Waals surface area contributed by atoms with Crippen LogP contribution in [0, 0.1) is 6.92 Å². The molecule has 0 unspecified atom stereocenters. The number of carboxylic acids is 1. The Balaban J connectivity index is 1.42. The zero-order valence-electron chi connectivity index (χ0n) is 19.2. The van der Waals surface area contributed by atoms with Gasteiger partial charge in [-0.25, -0.2) is 4.98 Å². The van der Waals surface area contributed by atoms with Gasteiger partial charge in [0.25, 0.3) is 0 Å². The van der Waals surface area contributed by atoms with Crippen molar-refractivity contribution in [3.63, 3.8) is 0 Å². The summed E-state index contributed by atoms with van der Waals surface area (Å²) in [6, 6.07) is 15.4. The molecule has 1 aliphatic heterocycles. The Bertz CT molecular complexity index is 1120. The van der Waals surface area contributed by atoms with Gasteiger partial charge in [0.1, 0.15) is 17.6 Å². The summed E-state index contributed by atoms with van der Waals surface area (Å²) in [5, 5.41) is 9.78. The normalized spacial score (nSPS) is 16.1. The molecule has 2 heterocycles. The Kier molecular flexibility index (Phi) is 7.25. The van der Waals surface area contributed by atoms with Crippen LogP contribution in [0.1, 0.15) is 47.4 Å². The molecular weight excluding hydrogens is 416 g/mol. The molecule has 0 amide bonds. The highest BCUT2D eigenvalue weighted by molar-refractivity contribution is 5.74. The lowest BCUT2D eigenvalue weighted by atomic mass is 9.93. The minimum atomic E-state index is -0.784. The Morgan fingerprint density at radius 3 is 2.82 bits per heavy atom. The van der Waals surface area contributed by atoms with E-state index in [2.05, 4.69) is 11.9 Å². The first-order valence-corrected chi connectivity index (χ1v) is 11.4. The van der Waals surface area contributed by atoms with E-state index in [0.717, 1.165) is 40.3 Å². The van der Waals surface area contributed by atoms with E-state index in [4.69, 9.17) is 9.15 Å². The van der Waals surface area contributed by atoms with E-state index in [1.165, 1.54) is 0 Å². The SMILES string of the molecule is CC/C=C/c1nc(CCOc2ccc3c(c2)CN(Cc2ccccc2)[C@H](C(=O)O)C3)c(C)o1. The van der Waals surface area contributed by atoms with Crippen molar-refractivity contribution in [1.29, 1.82) is 0 Å². The summed E-state index contributed by atoms with van der Waals surface area (Å²) in [7, 11) is 0. The minimum Gasteiger partial charge on any atom is -0.493 e. The fourth-order valence-corrected chi connectivity index (χ4v) is 4.17. The molecule has 0 fully saturated rings. The van der Waals surface area contributed by atoms with E-state index in [1.807, 2.05) is 72.5 Å². The smallest absolute Gasteiger partial charge is 0.321 e. The number of aromatic nitrogens is 1. The third-order valence-electron chi connectivity index (χ3n) is 5.93. The molecule has 172 valence electrons. The molecule has 33 heavy (non-hydrogen) atoms. The fourth-order valence-electron chi connectivity index (χ4n) is 4.17. The van der Waals surface area contributed by atoms with Gasteiger partial charge in [-0.05, 0) is 54.7 Å². The largest absolute Gasteiger partial charge is 0.493 e. The van der Waals surface area contributed by atoms with Crippen molar-refractivity contribution in [2.24, 2.45) is 0 Å². The van der Waals surface area contributed by atoms with Crippen LogP contribution in [0.25, 0.3) is 6.08 Å². The van der Waals surface area contributed by atoms with Gasteiger partial charge in [-0.1, -0.05) is 49.4 Å². The van der Waals surface area contributed by atoms with E-state index in [-0.39, 0.29) is 0 Å². The molecule has 6 heteroatoms. The second kappa shape index (κ2) is 10.5. The summed E-state index contributed by atoms with van der Waals surface area (Å²) in [5.41, 5.74) is 4.20. The summed E-state index contributed by atoms with van der Waals surface area (Å²) < 4.78 is 11.7. The van der Waals surface area contributed by atoms with Crippen LogP contribution >= 0.6 is 0 Å². The van der Waals surface area contributed by atoms with Crippen LogP contribution in [0.15, 0.2) is 59.0 Å². The van der Waals surface area contributed by atoms with Crippen LogP contribution in [0.5, 0.6) is 5.75 Å². The summed E-state index contributed by atoms with van der Waals surface area (Å²) in [6.07, 6.45) is 6.01. The third kappa shape index (κ3) is 5.71. The summed E-state index contributed by atoms with van der Waals surface area (Å²) in [5.74, 6) is 1.45. The van der Waals surface area contributed by atoms with Gasteiger partial charge in [0.05, 0.1) is 12.3 Å². The van der Waals surface area contributed by atoms with Crippen molar-refractivity contribution in [2.75, 3.05) is 6.61 Å². The maximum Gasteiger partial charge on any atom is 0.321 e. The molecule has 0 radical (unpaired) electrons. The number of nitrogens with zero attached hydrogens (tertiary/aromatic N) is 2. The molecule has 2 aromatic carbocycles. The lowest BCUT2D eigenvalue weighted by molar-refractivity contribution is -0.144. The lowest BCUT2D eigenvalue weighted by Gasteiger charge is -2.34. The zero-order valence-corrected chi connectivity index (χ0v) is 19.2. The number of aliphatic carboxylic acids is 1. The molecule has 3 aromatic rings. The molecule has 4 rings (SSSR count). The average Bonchev–Trinajstić information content (AvgIpc) is 3.17. The maximum absolute atomic E-state index is 11.9. The second-order valence-corrected chi connectivity index (χ2v) is 8.34. The summed E-state index contributed by atoms with van der Waals surface area (Å²) in [6.45, 7) is 5.66. The number of ether oxygens (including phenoxy) is 1. The van der Waals surface area contributed by atoms with Crippen molar-refractivity contribution in [3.05, 3.63) is 88.6 Å². The Morgan fingerprint density at radius 1 is 1.24 bits per heavy atom. The molecule has 0 saturated carbocycles. The van der Waals surface area contributed by atoms with Gasteiger partial charge in [0, 0.05) is 19.5 Å². The van der Waals surface area contributed by atoms with Crippen LogP contribution in [0.4, 0.5) is 0 Å². The Hall–Kier alpha value is -3.38. The molecule has 1 aliphatic rings. The standard InChI is InChI=1S/C27H30N2O4/c1-3-4-10-26-28-24(19(2)33-26)13-14-32-23-12-11-21-16-25(27(30)31)29(18-22(21)15-23)17-20-8-6-5-7-9-20/h4-12,15,25H,3,13-14,16-18H2,1-2H3,(H,30,31)/b10-4+/t25-/m0/s1. The molecule has 1 atom stereocenters. The molecule has 0 saturated heterocycles. The maximum atomic E-state index is 11.9. The number of hydrogen-bond acceptors (Lipinski definition) is 5. The summed E-state index contributed by atoms with van der Waals surface area (Å²) in [4.78, 5) is 18.5. The Morgan fingerprint density at radius 2 is 2.06 bits per heavy atom. The van der Waals surface area contributed by atoms with Crippen LogP contribution in [0.3, 0.4) is 0 Å². The monoisotopic (exact) mass is 446 g/mol. The highest BCUT2D eigenvalue weighted by atomic mass is 16.5. The molecule has 1 aromatic heterocycles. The molecule has 1 N–H and O–H groups in total. The van der Waals surface area contributed by atoms with Gasteiger partial charge in [0.2, 0.25) is 5.89 Å². The zero-order chi connectivity index (χ0) is 23.2. The van der Waals surface area contributed by atoms with Gasteiger partial charge in [-0.3, -0.25) is 9.69 Å². The van der Waals surface area contributed by atoms with E-state index in [0.29, 0.717) is 38.4 Å². The van der Waals surface area contributed by atoms with Crippen LogP contribution in [0.2, 0.25) is 0 Å². The first-order chi connectivity index (χ1) is 16.0. The van der Waals surface area contributed by atoms with E-state index in [9.17, 15) is 9.90 Å². The van der Waals surface area contributed by atoms with Gasteiger partial charge in [-0.2, -0.15) is 0 Å². The van der Waals surface area contributed by atoms with Gasteiger partial charge in [0.15, 0.2) is 0 Å². The van der Waals surface area contributed by atoms with Crippen LogP contribution < -0.4 is 4.74 Å². The number of allylic oxidation sites excluding steroid dienone is 1. The molecular formula is C27H30N2O4. The third-order valence-corrected chi connectivity index (χ3v) is 5.93. The summed E-state index contributed by atoms with van der Waals surface area (Å²) >= 11 is 0. The first-order valence-electron chi connectivity index (χ1n) is 11.4. The van der Waals surface area contributed by atoms with Crippen molar-refractivity contribution >= 4 is 12.0 Å². The van der Waals surface area contributed by atoms with Crippen molar-refractivity contribution < 1.29 is 19.1 Å². The van der Waals surface area contributed by atoms with Crippen LogP contribution in [-0.2, 0) is 30.7 Å². The van der Waals surface area contributed by atoms with Crippen molar-refractivity contribution in [3.8, 4) is 5.75 Å². The number of benzene rings is 2. The Labute approximate surface area is 194 Å². The van der Waals surface area contributed by atoms with Gasteiger partial charge < -0.3 is 14.3 Å². The molecule has 6 nitrogen and oxygen atoms in total. The van der Waals surface area contributed by atoms with Gasteiger partial charge in [-0.15, -0.1) is 0 Å². The van der Waals surface area contributed by atoms with E-state index >= 15 is 0 Å². The van der Waals surface area contributed by atoms with Crippen molar-refractivity contribution in [1.82, 2.24) is 9.88 Å². The highest BCUT2D eigenvalue weighted by Crippen LogP contribution is 2.28.